The number of rotatable bonds is 3. The molecule has 0 saturated carbocycles. The highest BCUT2D eigenvalue weighted by Gasteiger charge is 2.57. The van der Waals surface area contributed by atoms with Crippen LogP contribution in [0.3, 0.4) is 0 Å². The number of carbonyl (C=O) groups is 1. The molecule has 6 heteroatoms. The monoisotopic (exact) mass is 507 g/mol. The van der Waals surface area contributed by atoms with Gasteiger partial charge in [-0.1, -0.05) is 72.8 Å². The van der Waals surface area contributed by atoms with Crippen LogP contribution in [0.25, 0.3) is 0 Å². The Kier molecular flexibility index (Phi) is 4.78. The number of hydrogen-bond donors (Lipinski definition) is 0. The Hall–Kier alpha value is -3.74. The summed E-state index contributed by atoms with van der Waals surface area (Å²) in [6, 6.07) is 26.9. The molecule has 4 aromatic carbocycles. The first-order chi connectivity index (χ1) is 17.9. The van der Waals surface area contributed by atoms with Gasteiger partial charge in [0.1, 0.15) is 21.3 Å². The highest BCUT2D eigenvalue weighted by Crippen LogP contribution is 2.59. The zero-order valence-corrected chi connectivity index (χ0v) is 20.8. The van der Waals surface area contributed by atoms with Crippen molar-refractivity contribution >= 4 is 16.1 Å². The molecule has 8 rings (SSSR count). The van der Waals surface area contributed by atoms with Gasteiger partial charge in [0.25, 0.3) is 0 Å². The van der Waals surface area contributed by atoms with Gasteiger partial charge in [-0.15, -0.1) is 0 Å². The van der Waals surface area contributed by atoms with Crippen molar-refractivity contribution < 1.29 is 22.5 Å². The smallest absolute Gasteiger partial charge is 0.331 e. The molecule has 0 saturated heterocycles. The summed E-state index contributed by atoms with van der Waals surface area (Å²) in [6.45, 7) is 0. The topological polar surface area (TPSA) is 83.5 Å². The van der Waals surface area contributed by atoms with E-state index in [1.807, 2.05) is 54.6 Å². The first-order valence-electron chi connectivity index (χ1n) is 12.5. The Morgan fingerprint density at radius 3 is 1.73 bits per heavy atom. The third-order valence-electron chi connectivity index (χ3n) is 8.25. The second-order valence-corrected chi connectivity index (χ2v) is 11.4. The van der Waals surface area contributed by atoms with E-state index in [9.17, 15) is 17.8 Å². The van der Waals surface area contributed by atoms with Gasteiger partial charge in [0.05, 0.1) is 4.90 Å². The van der Waals surface area contributed by atoms with E-state index in [-0.39, 0.29) is 10.8 Å². The summed E-state index contributed by atoms with van der Waals surface area (Å²) in [4.78, 5) is 14.4. The van der Waals surface area contributed by atoms with Gasteiger partial charge >= 0.3 is 5.97 Å². The molecule has 4 aliphatic carbocycles. The molecule has 4 aliphatic rings. The number of carbonyl (C=O) groups excluding carboxylic acids is 1. The molecule has 0 amide bonds. The van der Waals surface area contributed by atoms with Gasteiger partial charge in [-0.25, -0.2) is 13.2 Å². The lowest BCUT2D eigenvalue weighted by Gasteiger charge is -2.48. The highest BCUT2D eigenvalue weighted by atomic mass is 32.2. The largest absolute Gasteiger partial charge is 0.744 e. The van der Waals surface area contributed by atoms with Gasteiger partial charge in [-0.3, -0.25) is 0 Å². The summed E-state index contributed by atoms with van der Waals surface area (Å²) in [5, 5.41) is 0. The Labute approximate surface area is 215 Å². The van der Waals surface area contributed by atoms with Gasteiger partial charge < -0.3 is 9.29 Å². The molecule has 0 spiro atoms. The summed E-state index contributed by atoms with van der Waals surface area (Å²) in [5.74, 6) is -0.0577. The molecule has 0 radical (unpaired) electrons. The van der Waals surface area contributed by atoms with Crippen LogP contribution in [-0.4, -0.2) is 18.9 Å². The normalized spacial score (nSPS) is 20.8. The molecular weight excluding hydrogens is 484 g/mol. The van der Waals surface area contributed by atoms with Crippen LogP contribution in [-0.2, 0) is 33.2 Å². The van der Waals surface area contributed by atoms with Crippen LogP contribution in [0.15, 0.2) is 89.8 Å². The molecule has 0 fully saturated rings. The SMILES string of the molecule is O=C(Oc1ccc(S(=O)(=O)[O-])c2c1CCCC2)C12c3ccccc3C(c3ccccc31)c1ccccc12. The first-order valence-corrected chi connectivity index (χ1v) is 13.9. The average Bonchev–Trinajstić information content (AvgIpc) is 2.92. The van der Waals surface area contributed by atoms with E-state index in [1.165, 1.54) is 12.1 Å². The molecule has 37 heavy (non-hydrogen) atoms. The Bertz CT molecular complexity index is 1600. The fourth-order valence-electron chi connectivity index (χ4n) is 6.85. The number of ether oxygens (including phenoxy) is 1. The van der Waals surface area contributed by atoms with Crippen LogP contribution in [0.1, 0.15) is 63.3 Å². The summed E-state index contributed by atoms with van der Waals surface area (Å²) in [6.07, 6.45) is 2.65. The van der Waals surface area contributed by atoms with Crippen molar-refractivity contribution in [3.8, 4) is 5.75 Å². The average molecular weight is 508 g/mol. The lowest BCUT2D eigenvalue weighted by atomic mass is 9.53. The van der Waals surface area contributed by atoms with E-state index < -0.39 is 21.5 Å². The quantitative estimate of drug-likeness (QED) is 0.216. The minimum absolute atomic E-state index is 0.0348. The molecule has 2 bridgehead atoms. The van der Waals surface area contributed by atoms with Gasteiger partial charge in [0.2, 0.25) is 0 Å². The maximum absolute atomic E-state index is 14.6. The molecule has 0 heterocycles. The van der Waals surface area contributed by atoms with E-state index in [0.29, 0.717) is 29.7 Å². The molecule has 0 unspecified atom stereocenters. The molecule has 0 aromatic heterocycles. The van der Waals surface area contributed by atoms with E-state index in [4.69, 9.17) is 4.74 Å². The Morgan fingerprint density at radius 2 is 1.22 bits per heavy atom. The van der Waals surface area contributed by atoms with Crippen LogP contribution < -0.4 is 4.74 Å². The first kappa shape index (κ1) is 22.5. The third-order valence-corrected chi connectivity index (χ3v) is 9.18. The van der Waals surface area contributed by atoms with Gasteiger partial charge in [-0.2, -0.15) is 0 Å². The van der Waals surface area contributed by atoms with E-state index in [2.05, 4.69) is 18.2 Å². The summed E-state index contributed by atoms with van der Waals surface area (Å²) in [7, 11) is -4.63. The van der Waals surface area contributed by atoms with Crippen LogP contribution in [0.2, 0.25) is 0 Å². The fraction of sp³-hybridized carbons (Fsp3) is 0.194. The van der Waals surface area contributed by atoms with Crippen molar-refractivity contribution in [2.24, 2.45) is 0 Å². The van der Waals surface area contributed by atoms with Crippen molar-refractivity contribution in [3.05, 3.63) is 129 Å². The summed E-state index contributed by atoms with van der Waals surface area (Å²) < 4.78 is 42.1. The Balaban J connectivity index is 1.46. The van der Waals surface area contributed by atoms with Crippen LogP contribution in [0.4, 0.5) is 0 Å². The lowest BCUT2D eigenvalue weighted by molar-refractivity contribution is -0.138. The second kappa shape index (κ2) is 7.88. The zero-order valence-electron chi connectivity index (χ0n) is 19.9. The maximum Gasteiger partial charge on any atom is 0.331 e. The van der Waals surface area contributed by atoms with Gasteiger partial charge in [-0.05, 0) is 82.3 Å². The van der Waals surface area contributed by atoms with E-state index in [1.54, 1.807) is 0 Å². The van der Waals surface area contributed by atoms with Gasteiger partial charge in [0.15, 0.2) is 0 Å². The number of benzene rings is 4. The van der Waals surface area contributed by atoms with E-state index in [0.717, 1.165) is 46.2 Å². The number of esters is 1. The third kappa shape index (κ3) is 3.00. The van der Waals surface area contributed by atoms with E-state index >= 15 is 0 Å². The summed E-state index contributed by atoms with van der Waals surface area (Å²) >= 11 is 0. The minimum Gasteiger partial charge on any atom is -0.744 e. The maximum atomic E-state index is 14.6. The van der Waals surface area contributed by atoms with Crippen LogP contribution >= 0.6 is 0 Å². The standard InChI is InChI=1S/C31H24O5S/c32-30(36-27-17-18-28(37(33,34)35)20-10-2-1-9-19(20)27)31-24-14-6-3-11-21(24)29(22-12-4-7-15-25(22)31)23-13-5-8-16-26(23)31/h3-8,11-18,29H,1-2,9-10H2,(H,33,34,35)/p-1. The molecule has 0 atom stereocenters. The molecule has 0 N–H and O–H groups in total. The zero-order chi connectivity index (χ0) is 25.4. The molecular formula is C31H23O5S-. The van der Waals surface area contributed by atoms with Crippen LogP contribution in [0, 0.1) is 0 Å². The van der Waals surface area contributed by atoms with Crippen molar-refractivity contribution in [2.45, 2.75) is 41.9 Å². The van der Waals surface area contributed by atoms with Crippen molar-refractivity contribution in [2.75, 3.05) is 0 Å². The lowest BCUT2D eigenvalue weighted by Crippen LogP contribution is -2.49. The number of hydrogen-bond acceptors (Lipinski definition) is 5. The molecule has 0 aliphatic heterocycles. The number of fused-ring (bicyclic) bond motifs is 1. The molecule has 4 aromatic rings. The molecule has 5 nitrogen and oxygen atoms in total. The van der Waals surface area contributed by atoms with Crippen molar-refractivity contribution in [3.63, 3.8) is 0 Å². The highest BCUT2D eigenvalue weighted by molar-refractivity contribution is 7.85. The predicted octanol–water partition coefficient (Wildman–Crippen LogP) is 5.22. The minimum atomic E-state index is -4.63. The Morgan fingerprint density at radius 1 is 0.730 bits per heavy atom. The summed E-state index contributed by atoms with van der Waals surface area (Å²) in [5.41, 5.74) is 5.97. The molecule has 184 valence electrons. The second-order valence-electron chi connectivity index (χ2n) is 10.0. The fourth-order valence-corrected chi connectivity index (χ4v) is 7.61. The van der Waals surface area contributed by atoms with Crippen molar-refractivity contribution in [1.82, 2.24) is 0 Å². The van der Waals surface area contributed by atoms with Crippen molar-refractivity contribution in [1.29, 1.82) is 0 Å². The predicted molar refractivity (Wildman–Crippen MR) is 137 cm³/mol. The van der Waals surface area contributed by atoms with Gasteiger partial charge in [0, 0.05) is 5.92 Å². The van der Waals surface area contributed by atoms with Crippen LogP contribution in [0.5, 0.6) is 5.75 Å².